The van der Waals surface area contributed by atoms with Crippen LogP contribution in [0.1, 0.15) is 25.8 Å². The van der Waals surface area contributed by atoms with E-state index >= 15 is 0 Å². The van der Waals surface area contributed by atoms with Gasteiger partial charge in [-0.25, -0.2) is 13.1 Å². The molecule has 5 heteroatoms. The van der Waals surface area contributed by atoms with Crippen LogP contribution in [0.25, 0.3) is 0 Å². The van der Waals surface area contributed by atoms with Crippen molar-refractivity contribution in [3.63, 3.8) is 0 Å². The molecule has 0 bridgehead atoms. The molecule has 0 radical (unpaired) electrons. The lowest BCUT2D eigenvalue weighted by Gasteiger charge is -2.08. The summed E-state index contributed by atoms with van der Waals surface area (Å²) in [5.74, 6) is 0. The van der Waals surface area contributed by atoms with Crippen molar-refractivity contribution in [3.05, 3.63) is 29.8 Å². The van der Waals surface area contributed by atoms with Gasteiger partial charge in [-0.05, 0) is 29.5 Å². The molecule has 94 valence electrons. The zero-order valence-corrected chi connectivity index (χ0v) is 10.9. The molecule has 1 saturated carbocycles. The number of benzene rings is 1. The van der Waals surface area contributed by atoms with E-state index in [-0.39, 0.29) is 11.5 Å². The highest BCUT2D eigenvalue weighted by atomic mass is 32.2. The van der Waals surface area contributed by atoms with Crippen molar-refractivity contribution in [1.82, 2.24) is 4.72 Å². The second-order valence-electron chi connectivity index (χ2n) is 5.21. The number of sulfonamides is 1. The van der Waals surface area contributed by atoms with Crippen molar-refractivity contribution >= 4 is 10.0 Å². The Kier molecular flexibility index (Phi) is 3.01. The minimum atomic E-state index is -3.38. The van der Waals surface area contributed by atoms with Gasteiger partial charge in [0.25, 0.3) is 0 Å². The van der Waals surface area contributed by atoms with Crippen molar-refractivity contribution in [1.29, 1.82) is 0 Å². The van der Waals surface area contributed by atoms with Gasteiger partial charge in [-0.3, -0.25) is 0 Å². The number of hydrogen-bond acceptors (Lipinski definition) is 3. The van der Waals surface area contributed by atoms with Crippen molar-refractivity contribution in [2.75, 3.05) is 0 Å². The smallest absolute Gasteiger partial charge is 0.240 e. The molecule has 0 spiro atoms. The van der Waals surface area contributed by atoms with Gasteiger partial charge in [0.05, 0.1) is 4.90 Å². The molecule has 1 atom stereocenters. The molecule has 4 nitrogen and oxygen atoms in total. The Labute approximate surface area is 102 Å². The van der Waals surface area contributed by atoms with Crippen LogP contribution in [-0.4, -0.2) is 14.5 Å². The van der Waals surface area contributed by atoms with E-state index in [0.717, 1.165) is 12.0 Å². The van der Waals surface area contributed by atoms with Gasteiger partial charge in [-0.15, -0.1) is 0 Å². The summed E-state index contributed by atoms with van der Waals surface area (Å²) in [5, 5.41) is 0. The lowest BCUT2D eigenvalue weighted by Crippen LogP contribution is -2.28. The first-order valence-electron chi connectivity index (χ1n) is 5.66. The molecule has 1 aromatic carbocycles. The highest BCUT2D eigenvalue weighted by Crippen LogP contribution is 2.45. The van der Waals surface area contributed by atoms with E-state index in [1.807, 2.05) is 0 Å². The molecule has 1 fully saturated rings. The summed E-state index contributed by atoms with van der Waals surface area (Å²) >= 11 is 0. The average molecular weight is 254 g/mol. The maximum Gasteiger partial charge on any atom is 0.240 e. The average Bonchev–Trinajstić information content (AvgIpc) is 2.85. The molecular weight excluding hydrogens is 236 g/mol. The van der Waals surface area contributed by atoms with E-state index in [0.29, 0.717) is 11.4 Å². The second kappa shape index (κ2) is 4.08. The van der Waals surface area contributed by atoms with Gasteiger partial charge in [0.1, 0.15) is 0 Å². The molecule has 1 unspecified atom stereocenters. The van der Waals surface area contributed by atoms with Crippen molar-refractivity contribution < 1.29 is 8.42 Å². The van der Waals surface area contributed by atoms with Crippen LogP contribution in [0.2, 0.25) is 0 Å². The third-order valence-electron chi connectivity index (χ3n) is 3.28. The molecule has 0 aromatic heterocycles. The summed E-state index contributed by atoms with van der Waals surface area (Å²) in [4.78, 5) is 0.303. The van der Waals surface area contributed by atoms with Crippen LogP contribution in [0.4, 0.5) is 0 Å². The normalized spacial score (nSPS) is 22.4. The largest absolute Gasteiger partial charge is 0.326 e. The Morgan fingerprint density at radius 1 is 1.35 bits per heavy atom. The minimum absolute atomic E-state index is 0.0571. The van der Waals surface area contributed by atoms with E-state index in [1.165, 1.54) is 0 Å². The quantitative estimate of drug-likeness (QED) is 0.848. The third-order valence-corrected chi connectivity index (χ3v) is 4.77. The highest BCUT2D eigenvalue weighted by Gasteiger charge is 2.47. The molecule has 1 aliphatic carbocycles. The van der Waals surface area contributed by atoms with Crippen LogP contribution in [-0.2, 0) is 16.6 Å². The maximum absolute atomic E-state index is 12.0. The molecular formula is C12H18N2O2S. The van der Waals surface area contributed by atoms with Crippen LogP contribution in [0.15, 0.2) is 29.2 Å². The summed E-state index contributed by atoms with van der Waals surface area (Å²) in [6.07, 6.45) is 0.896. The van der Waals surface area contributed by atoms with Crippen LogP contribution in [0.5, 0.6) is 0 Å². The molecule has 2 rings (SSSR count). The number of hydrogen-bond donors (Lipinski definition) is 2. The fraction of sp³-hybridized carbons (Fsp3) is 0.500. The van der Waals surface area contributed by atoms with Gasteiger partial charge in [0, 0.05) is 12.6 Å². The Morgan fingerprint density at radius 3 is 2.29 bits per heavy atom. The molecule has 0 aliphatic heterocycles. The first-order valence-corrected chi connectivity index (χ1v) is 7.15. The molecule has 0 heterocycles. The van der Waals surface area contributed by atoms with E-state index in [9.17, 15) is 8.42 Å². The predicted molar refractivity (Wildman–Crippen MR) is 66.8 cm³/mol. The van der Waals surface area contributed by atoms with Gasteiger partial charge in [-0.2, -0.15) is 0 Å². The Morgan fingerprint density at radius 2 is 1.88 bits per heavy atom. The molecule has 17 heavy (non-hydrogen) atoms. The van der Waals surface area contributed by atoms with Crippen LogP contribution in [0, 0.1) is 5.41 Å². The standard InChI is InChI=1S/C12H18N2O2S/c1-12(2)7-11(12)14-17(15,16)10-5-3-9(8-13)4-6-10/h3-6,11,14H,7-8,13H2,1-2H3. The fourth-order valence-electron chi connectivity index (χ4n) is 1.73. The van der Waals surface area contributed by atoms with Crippen molar-refractivity contribution in [2.45, 2.75) is 37.8 Å². The molecule has 1 aliphatic rings. The zero-order valence-electron chi connectivity index (χ0n) is 10.1. The lowest BCUT2D eigenvalue weighted by atomic mass is 10.2. The van der Waals surface area contributed by atoms with Crippen LogP contribution in [0.3, 0.4) is 0 Å². The van der Waals surface area contributed by atoms with Crippen LogP contribution >= 0.6 is 0 Å². The number of rotatable bonds is 4. The Balaban J connectivity index is 2.14. The highest BCUT2D eigenvalue weighted by molar-refractivity contribution is 7.89. The summed E-state index contributed by atoms with van der Waals surface area (Å²) in [6.45, 7) is 4.53. The summed E-state index contributed by atoms with van der Waals surface area (Å²) in [7, 11) is -3.38. The van der Waals surface area contributed by atoms with Gasteiger partial charge in [-0.1, -0.05) is 26.0 Å². The minimum Gasteiger partial charge on any atom is -0.326 e. The molecule has 1 aromatic rings. The van der Waals surface area contributed by atoms with E-state index in [1.54, 1.807) is 24.3 Å². The third kappa shape index (κ3) is 2.68. The lowest BCUT2D eigenvalue weighted by molar-refractivity contribution is 0.555. The SMILES string of the molecule is CC1(C)CC1NS(=O)(=O)c1ccc(CN)cc1. The summed E-state index contributed by atoms with van der Waals surface area (Å²) in [6, 6.07) is 6.74. The van der Waals surface area contributed by atoms with Gasteiger partial charge in [0.15, 0.2) is 0 Å². The zero-order chi connectivity index (χ0) is 12.7. The summed E-state index contributed by atoms with van der Waals surface area (Å²) in [5.41, 5.74) is 6.48. The summed E-state index contributed by atoms with van der Waals surface area (Å²) < 4.78 is 26.8. The fourth-order valence-corrected chi connectivity index (χ4v) is 3.14. The van der Waals surface area contributed by atoms with Crippen molar-refractivity contribution in [3.8, 4) is 0 Å². The van der Waals surface area contributed by atoms with Gasteiger partial charge in [0.2, 0.25) is 10.0 Å². The van der Waals surface area contributed by atoms with Crippen molar-refractivity contribution in [2.24, 2.45) is 11.1 Å². The molecule has 0 amide bonds. The first-order chi connectivity index (χ1) is 7.85. The van der Waals surface area contributed by atoms with Crippen LogP contribution < -0.4 is 10.5 Å². The molecule has 0 saturated heterocycles. The first kappa shape index (κ1) is 12.5. The van der Waals surface area contributed by atoms with Gasteiger partial charge >= 0.3 is 0 Å². The monoisotopic (exact) mass is 254 g/mol. The maximum atomic E-state index is 12.0. The topological polar surface area (TPSA) is 72.2 Å². The number of nitrogens with two attached hydrogens (primary N) is 1. The van der Waals surface area contributed by atoms with Gasteiger partial charge < -0.3 is 5.73 Å². The Bertz CT molecular complexity index is 506. The molecule has 3 N–H and O–H groups in total. The van der Waals surface area contributed by atoms with E-state index in [2.05, 4.69) is 18.6 Å². The predicted octanol–water partition coefficient (Wildman–Crippen LogP) is 1.22. The Hall–Kier alpha value is -0.910. The second-order valence-corrected chi connectivity index (χ2v) is 6.93. The van der Waals surface area contributed by atoms with E-state index < -0.39 is 10.0 Å². The van der Waals surface area contributed by atoms with E-state index in [4.69, 9.17) is 5.73 Å². The number of nitrogens with one attached hydrogen (secondary N) is 1.